The molecule has 3 aromatic heterocycles. The molecule has 5 heterocycles. The van der Waals surface area contributed by atoms with Crippen LogP contribution in [0.1, 0.15) is 32.1 Å². The van der Waals surface area contributed by atoms with Crippen molar-refractivity contribution >= 4 is 28.6 Å². The van der Waals surface area contributed by atoms with Gasteiger partial charge in [0, 0.05) is 24.8 Å². The van der Waals surface area contributed by atoms with Crippen LogP contribution >= 0.6 is 0 Å². The van der Waals surface area contributed by atoms with Crippen LogP contribution in [0.4, 0.5) is 17.6 Å². The zero-order valence-corrected chi connectivity index (χ0v) is 15.9. The van der Waals surface area contributed by atoms with E-state index in [1.807, 2.05) is 16.7 Å². The van der Waals surface area contributed by atoms with Gasteiger partial charge >= 0.3 is 0 Å². The van der Waals surface area contributed by atoms with E-state index in [4.69, 9.17) is 4.74 Å². The van der Waals surface area contributed by atoms with Crippen molar-refractivity contribution in [3.63, 3.8) is 0 Å². The van der Waals surface area contributed by atoms with E-state index in [0.29, 0.717) is 29.6 Å². The first-order valence-electron chi connectivity index (χ1n) is 9.58. The maximum Gasteiger partial charge on any atom is 0.227 e. The van der Waals surface area contributed by atoms with Gasteiger partial charge in [-0.2, -0.15) is 4.98 Å². The van der Waals surface area contributed by atoms with Crippen LogP contribution in [0, 0.1) is 0 Å². The van der Waals surface area contributed by atoms with Crippen LogP contribution < -0.4 is 10.2 Å². The summed E-state index contributed by atoms with van der Waals surface area (Å²) in [6.45, 7) is 5.62. The number of anilines is 3. The van der Waals surface area contributed by atoms with Crippen LogP contribution in [0.2, 0.25) is 0 Å². The number of fused-ring (bicyclic) bond motifs is 3. The number of aromatic nitrogens is 5. The highest BCUT2D eigenvalue weighted by Crippen LogP contribution is 2.31. The van der Waals surface area contributed by atoms with Gasteiger partial charge in [-0.25, -0.2) is 15.0 Å². The van der Waals surface area contributed by atoms with E-state index in [1.165, 1.54) is 0 Å². The number of nitrogens with zero attached hydrogens (tertiary/aromatic N) is 6. The summed E-state index contributed by atoms with van der Waals surface area (Å²) in [5.41, 5.74) is 1.69. The molecule has 0 unspecified atom stereocenters. The number of aliphatic hydroxyl groups is 1. The first-order valence-corrected chi connectivity index (χ1v) is 9.58. The highest BCUT2D eigenvalue weighted by molar-refractivity contribution is 5.79. The Morgan fingerprint density at radius 2 is 2.18 bits per heavy atom. The Morgan fingerprint density at radius 1 is 1.29 bits per heavy atom. The van der Waals surface area contributed by atoms with Crippen LogP contribution in [0.3, 0.4) is 0 Å². The van der Waals surface area contributed by atoms with Crippen molar-refractivity contribution in [3.05, 3.63) is 30.4 Å². The van der Waals surface area contributed by atoms with E-state index in [-0.39, 0.29) is 12.6 Å². The Balaban J connectivity index is 1.44. The van der Waals surface area contributed by atoms with Crippen molar-refractivity contribution in [2.24, 2.45) is 0 Å². The van der Waals surface area contributed by atoms with Crippen LogP contribution in [0.5, 0.6) is 0 Å². The van der Waals surface area contributed by atoms with E-state index in [0.717, 1.165) is 36.6 Å². The predicted octanol–water partition coefficient (Wildman–Crippen LogP) is 2.02. The molecule has 3 aromatic rings. The van der Waals surface area contributed by atoms with Crippen LogP contribution in [0.15, 0.2) is 24.5 Å². The van der Waals surface area contributed by atoms with Crippen molar-refractivity contribution in [1.29, 1.82) is 0 Å². The fourth-order valence-electron chi connectivity index (χ4n) is 4.14. The van der Waals surface area contributed by atoms with E-state index < -0.39 is 0 Å². The number of imidazole rings is 1. The lowest BCUT2D eigenvalue weighted by Gasteiger charge is -2.26. The van der Waals surface area contributed by atoms with E-state index in [9.17, 15) is 5.11 Å². The van der Waals surface area contributed by atoms with Gasteiger partial charge in [0.1, 0.15) is 29.6 Å². The molecule has 0 spiro atoms. The van der Waals surface area contributed by atoms with Gasteiger partial charge in [0.05, 0.1) is 30.5 Å². The first kappa shape index (κ1) is 17.3. The van der Waals surface area contributed by atoms with Gasteiger partial charge in [-0.3, -0.25) is 0 Å². The third-order valence-electron chi connectivity index (χ3n) is 5.36. The summed E-state index contributed by atoms with van der Waals surface area (Å²) in [6.07, 6.45) is 4.82. The molecule has 2 bridgehead atoms. The molecule has 2 aliphatic heterocycles. The van der Waals surface area contributed by atoms with Crippen molar-refractivity contribution in [3.8, 4) is 0 Å². The Kier molecular flexibility index (Phi) is 4.13. The average molecular weight is 381 g/mol. The third kappa shape index (κ3) is 2.87. The van der Waals surface area contributed by atoms with Gasteiger partial charge < -0.3 is 24.6 Å². The van der Waals surface area contributed by atoms with E-state index >= 15 is 0 Å². The normalized spacial score (nSPS) is 21.2. The van der Waals surface area contributed by atoms with Gasteiger partial charge in [0.2, 0.25) is 5.95 Å². The second-order valence-corrected chi connectivity index (χ2v) is 7.57. The molecule has 2 aliphatic rings. The van der Waals surface area contributed by atoms with Crippen LogP contribution in [-0.4, -0.2) is 54.9 Å². The molecule has 2 saturated heterocycles. The molecule has 2 fully saturated rings. The van der Waals surface area contributed by atoms with Gasteiger partial charge in [-0.1, -0.05) is 0 Å². The second-order valence-electron chi connectivity index (χ2n) is 7.57. The van der Waals surface area contributed by atoms with Crippen molar-refractivity contribution in [1.82, 2.24) is 24.5 Å². The topological polar surface area (TPSA) is 101 Å². The number of hydrogen-bond acceptors (Lipinski definition) is 8. The van der Waals surface area contributed by atoms with Crippen molar-refractivity contribution < 1.29 is 9.84 Å². The molecule has 0 aromatic carbocycles. The lowest BCUT2D eigenvalue weighted by Crippen LogP contribution is -2.38. The summed E-state index contributed by atoms with van der Waals surface area (Å²) in [5.74, 6) is 2.73. The minimum absolute atomic E-state index is 0.105. The summed E-state index contributed by atoms with van der Waals surface area (Å²) in [6, 6.07) is 4.32. The molecule has 9 nitrogen and oxygen atoms in total. The number of ether oxygens (including phenoxy) is 1. The van der Waals surface area contributed by atoms with E-state index in [1.54, 1.807) is 12.4 Å². The Hall–Kier alpha value is -2.78. The molecule has 0 saturated carbocycles. The number of morpholine rings is 1. The molecular formula is C19H23N7O2. The minimum atomic E-state index is -0.105. The molecule has 5 rings (SSSR count). The summed E-state index contributed by atoms with van der Waals surface area (Å²) in [5, 5.41) is 12.9. The lowest BCUT2D eigenvalue weighted by atomic mass is 10.2. The molecule has 0 amide bonds. The molecule has 146 valence electrons. The second kappa shape index (κ2) is 6.68. The summed E-state index contributed by atoms with van der Waals surface area (Å²) < 4.78 is 7.69. The fourth-order valence-corrected chi connectivity index (χ4v) is 4.14. The van der Waals surface area contributed by atoms with E-state index in [2.05, 4.69) is 44.0 Å². The number of nitrogens with one attached hydrogen (secondary N) is 1. The van der Waals surface area contributed by atoms with Crippen molar-refractivity contribution in [2.45, 2.75) is 45.1 Å². The highest BCUT2D eigenvalue weighted by Gasteiger charge is 2.40. The van der Waals surface area contributed by atoms with Crippen LogP contribution in [-0.2, 0) is 11.3 Å². The van der Waals surface area contributed by atoms with Gasteiger partial charge in [-0.05, 0) is 26.3 Å². The maximum absolute atomic E-state index is 9.60. The third-order valence-corrected chi connectivity index (χ3v) is 5.36. The number of pyridine rings is 1. The van der Waals surface area contributed by atoms with Crippen LogP contribution in [0.25, 0.3) is 11.0 Å². The Labute approximate surface area is 162 Å². The van der Waals surface area contributed by atoms with Gasteiger partial charge in [0.15, 0.2) is 0 Å². The lowest BCUT2D eigenvalue weighted by molar-refractivity contribution is 0.0986. The fraction of sp³-hybridized carbons (Fsp3) is 0.474. The largest absolute Gasteiger partial charge is 0.388 e. The summed E-state index contributed by atoms with van der Waals surface area (Å²) in [4.78, 5) is 20.3. The van der Waals surface area contributed by atoms with Crippen molar-refractivity contribution in [2.75, 3.05) is 23.4 Å². The highest BCUT2D eigenvalue weighted by atomic mass is 16.5. The average Bonchev–Trinajstić information content (AvgIpc) is 3.41. The smallest absolute Gasteiger partial charge is 0.227 e. The molecule has 9 heteroatoms. The molecule has 28 heavy (non-hydrogen) atoms. The Morgan fingerprint density at radius 3 is 2.89 bits per heavy atom. The first-order chi connectivity index (χ1) is 13.6. The van der Waals surface area contributed by atoms with Gasteiger partial charge in [-0.15, -0.1) is 0 Å². The number of rotatable bonds is 5. The summed E-state index contributed by atoms with van der Waals surface area (Å²) in [7, 11) is 0. The quantitative estimate of drug-likeness (QED) is 0.692. The summed E-state index contributed by atoms with van der Waals surface area (Å²) >= 11 is 0. The number of hydrogen-bond donors (Lipinski definition) is 2. The molecule has 2 N–H and O–H groups in total. The maximum atomic E-state index is 9.60. The zero-order chi connectivity index (χ0) is 19.3. The molecule has 0 aliphatic carbocycles. The minimum Gasteiger partial charge on any atom is -0.388 e. The monoisotopic (exact) mass is 381 g/mol. The zero-order valence-electron chi connectivity index (χ0n) is 15.9. The Bertz CT molecular complexity index is 1020. The number of aliphatic hydroxyl groups excluding tert-OH is 1. The molecule has 2 atom stereocenters. The standard InChI is InChI=1S/C19H23N7O2/c1-11(2)26-15-6-17(21-7-14(15)22-18(26)9-27)23-16-3-4-20-19(24-16)25-8-13-5-12(25)10-28-13/h3-4,6-7,11-13,27H,5,8-10H2,1-2H3,(H,20,21,23,24)/t12-,13-/m0/s1. The SMILES string of the molecule is CC(C)n1c(CO)nc2cnc(Nc3ccnc(N4C[C@@H]5C[C@H]4CO5)n3)cc21. The molecular weight excluding hydrogens is 358 g/mol. The predicted molar refractivity (Wildman–Crippen MR) is 105 cm³/mol. The van der Waals surface area contributed by atoms with Gasteiger partial charge in [0.25, 0.3) is 0 Å². The molecule has 0 radical (unpaired) electrons.